The fourth-order valence-corrected chi connectivity index (χ4v) is 1.04. The number of benzene rings is 1. The third-order valence-corrected chi connectivity index (χ3v) is 1.70. The molecule has 76 valence electrons. The fraction of sp³-hybridized carbons (Fsp3) is 0.364. The summed E-state index contributed by atoms with van der Waals surface area (Å²) in [7, 11) is 0. The average molecular weight is 194 g/mol. The zero-order valence-corrected chi connectivity index (χ0v) is 8.14. The largest absolute Gasteiger partial charge is 0.461 e. The van der Waals surface area contributed by atoms with Crippen molar-refractivity contribution < 1.29 is 14.6 Å². The molecule has 0 fully saturated rings. The number of carbonyl (C=O) groups excluding carboxylic acids is 1. The molecule has 1 aromatic rings. The highest BCUT2D eigenvalue weighted by Crippen LogP contribution is 2.02. The molecule has 3 nitrogen and oxygen atoms in total. The van der Waals surface area contributed by atoms with Crippen molar-refractivity contribution in [2.24, 2.45) is 0 Å². The Balaban J connectivity index is 2.31. The Morgan fingerprint density at radius 3 is 2.64 bits per heavy atom. The Hall–Kier alpha value is -1.35. The van der Waals surface area contributed by atoms with Crippen LogP contribution in [0.15, 0.2) is 30.3 Å². The lowest BCUT2D eigenvalue weighted by Gasteiger charge is -2.05. The van der Waals surface area contributed by atoms with Crippen molar-refractivity contribution in [3.63, 3.8) is 0 Å². The molecule has 1 rings (SSSR count). The molecular weight excluding hydrogens is 180 g/mol. The van der Waals surface area contributed by atoms with Crippen LogP contribution >= 0.6 is 0 Å². The third-order valence-electron chi connectivity index (χ3n) is 1.70. The van der Waals surface area contributed by atoms with Crippen molar-refractivity contribution in [2.45, 2.75) is 26.1 Å². The van der Waals surface area contributed by atoms with E-state index in [4.69, 9.17) is 9.84 Å². The van der Waals surface area contributed by atoms with Gasteiger partial charge in [-0.2, -0.15) is 0 Å². The molecule has 0 saturated carbocycles. The van der Waals surface area contributed by atoms with Gasteiger partial charge in [-0.15, -0.1) is 0 Å². The highest BCUT2D eigenvalue weighted by atomic mass is 16.5. The number of hydrogen-bond acceptors (Lipinski definition) is 3. The number of hydrogen-bond donors (Lipinski definition) is 1. The molecule has 0 aliphatic rings. The molecule has 0 bridgehead atoms. The van der Waals surface area contributed by atoms with Crippen LogP contribution in [-0.2, 0) is 16.1 Å². The van der Waals surface area contributed by atoms with Crippen LogP contribution in [0.2, 0.25) is 0 Å². The second kappa shape index (κ2) is 5.40. The lowest BCUT2D eigenvalue weighted by atomic mass is 10.2. The first-order chi connectivity index (χ1) is 6.68. The molecule has 1 N–H and O–H groups in total. The lowest BCUT2D eigenvalue weighted by molar-refractivity contribution is -0.146. The summed E-state index contributed by atoms with van der Waals surface area (Å²) in [6.45, 7) is 1.83. The number of aliphatic hydroxyl groups is 1. The van der Waals surface area contributed by atoms with Gasteiger partial charge in [0.2, 0.25) is 0 Å². The van der Waals surface area contributed by atoms with E-state index in [-0.39, 0.29) is 19.0 Å². The minimum Gasteiger partial charge on any atom is -0.461 e. The van der Waals surface area contributed by atoms with Crippen LogP contribution in [0.25, 0.3) is 0 Å². The molecule has 3 heteroatoms. The zero-order valence-electron chi connectivity index (χ0n) is 8.14. The Morgan fingerprint density at radius 2 is 2.07 bits per heavy atom. The van der Waals surface area contributed by atoms with Crippen molar-refractivity contribution >= 4 is 5.97 Å². The fourth-order valence-electron chi connectivity index (χ4n) is 1.04. The number of carbonyl (C=O) groups is 1. The maximum absolute atomic E-state index is 11.0. The molecule has 0 aliphatic heterocycles. The minimum absolute atomic E-state index is 0.0484. The topological polar surface area (TPSA) is 46.5 Å². The Kier molecular flexibility index (Phi) is 4.13. The first-order valence-corrected chi connectivity index (χ1v) is 4.56. The van der Waals surface area contributed by atoms with Crippen LogP contribution in [-0.4, -0.2) is 17.2 Å². The number of esters is 1. The van der Waals surface area contributed by atoms with Gasteiger partial charge in [-0.3, -0.25) is 4.79 Å². The predicted molar refractivity (Wildman–Crippen MR) is 52.5 cm³/mol. The van der Waals surface area contributed by atoms with E-state index in [2.05, 4.69) is 0 Å². The molecule has 0 aromatic heterocycles. The van der Waals surface area contributed by atoms with E-state index in [1.165, 1.54) is 0 Å². The van der Waals surface area contributed by atoms with Crippen molar-refractivity contribution in [3.05, 3.63) is 35.9 Å². The van der Waals surface area contributed by atoms with Crippen LogP contribution in [0, 0.1) is 0 Å². The van der Waals surface area contributed by atoms with Gasteiger partial charge in [0, 0.05) is 0 Å². The van der Waals surface area contributed by atoms with Crippen LogP contribution in [0.3, 0.4) is 0 Å². The van der Waals surface area contributed by atoms with E-state index in [0.717, 1.165) is 5.56 Å². The Labute approximate surface area is 83.3 Å². The standard InChI is InChI=1S/C11H14O3/c1-9(12)7-11(13)14-8-10-5-3-2-4-6-10/h2-6,9,12H,7-8H2,1H3/t9-/m1/s1. The highest BCUT2D eigenvalue weighted by molar-refractivity contribution is 5.69. The van der Waals surface area contributed by atoms with Crippen LogP contribution < -0.4 is 0 Å². The zero-order chi connectivity index (χ0) is 10.4. The molecule has 0 amide bonds. The predicted octanol–water partition coefficient (Wildman–Crippen LogP) is 1.50. The smallest absolute Gasteiger partial charge is 0.308 e. The summed E-state index contributed by atoms with van der Waals surface area (Å²) in [6.07, 6.45) is -0.592. The van der Waals surface area contributed by atoms with E-state index in [1.54, 1.807) is 6.92 Å². The van der Waals surface area contributed by atoms with E-state index in [9.17, 15) is 4.79 Å². The maximum Gasteiger partial charge on any atom is 0.308 e. The highest BCUT2D eigenvalue weighted by Gasteiger charge is 2.06. The molecule has 0 heterocycles. The molecule has 1 aromatic carbocycles. The summed E-state index contributed by atoms with van der Waals surface area (Å²) < 4.78 is 4.94. The van der Waals surface area contributed by atoms with Crippen molar-refractivity contribution in [1.29, 1.82) is 0 Å². The minimum atomic E-state index is -0.640. The van der Waals surface area contributed by atoms with Crippen LogP contribution in [0.5, 0.6) is 0 Å². The molecule has 0 aliphatic carbocycles. The first kappa shape index (κ1) is 10.7. The van der Waals surface area contributed by atoms with Gasteiger partial charge in [-0.1, -0.05) is 30.3 Å². The van der Waals surface area contributed by atoms with E-state index in [0.29, 0.717) is 0 Å². The van der Waals surface area contributed by atoms with Gasteiger partial charge < -0.3 is 9.84 Å². The summed E-state index contributed by atoms with van der Waals surface area (Å²) in [5.41, 5.74) is 0.950. The van der Waals surface area contributed by atoms with E-state index >= 15 is 0 Å². The Bertz CT molecular complexity index is 280. The van der Waals surface area contributed by atoms with Crippen molar-refractivity contribution in [3.8, 4) is 0 Å². The number of ether oxygens (including phenoxy) is 1. The monoisotopic (exact) mass is 194 g/mol. The van der Waals surface area contributed by atoms with Gasteiger partial charge >= 0.3 is 5.97 Å². The summed E-state index contributed by atoms with van der Waals surface area (Å²) in [4.78, 5) is 11.0. The third kappa shape index (κ3) is 4.05. The van der Waals surface area contributed by atoms with Gasteiger partial charge in [0.05, 0.1) is 12.5 Å². The molecule has 0 radical (unpaired) electrons. The van der Waals surface area contributed by atoms with E-state index in [1.807, 2.05) is 30.3 Å². The summed E-state index contributed by atoms with van der Waals surface area (Å²) >= 11 is 0. The van der Waals surface area contributed by atoms with Gasteiger partial charge in [-0.05, 0) is 12.5 Å². The molecular formula is C11H14O3. The van der Waals surface area contributed by atoms with Crippen LogP contribution in [0.4, 0.5) is 0 Å². The summed E-state index contributed by atoms with van der Waals surface area (Å²) in [5, 5.41) is 8.92. The second-order valence-electron chi connectivity index (χ2n) is 3.20. The number of aliphatic hydroxyl groups excluding tert-OH is 1. The SMILES string of the molecule is C[C@@H](O)CC(=O)OCc1ccccc1. The maximum atomic E-state index is 11.0. The summed E-state index contributed by atoms with van der Waals surface area (Å²) in [5.74, 6) is -0.371. The van der Waals surface area contributed by atoms with Gasteiger partial charge in [0.15, 0.2) is 0 Å². The molecule has 14 heavy (non-hydrogen) atoms. The molecule has 0 saturated heterocycles. The Morgan fingerprint density at radius 1 is 1.43 bits per heavy atom. The summed E-state index contributed by atoms with van der Waals surface area (Å²) in [6, 6.07) is 9.45. The average Bonchev–Trinajstić information content (AvgIpc) is 2.15. The van der Waals surface area contributed by atoms with Crippen molar-refractivity contribution in [2.75, 3.05) is 0 Å². The molecule has 0 spiro atoms. The second-order valence-corrected chi connectivity index (χ2v) is 3.20. The quantitative estimate of drug-likeness (QED) is 0.739. The first-order valence-electron chi connectivity index (χ1n) is 4.56. The van der Waals surface area contributed by atoms with Gasteiger partial charge in [-0.25, -0.2) is 0 Å². The molecule has 0 unspecified atom stereocenters. The number of rotatable bonds is 4. The normalized spacial score (nSPS) is 12.1. The van der Waals surface area contributed by atoms with Gasteiger partial charge in [0.25, 0.3) is 0 Å². The van der Waals surface area contributed by atoms with Crippen molar-refractivity contribution in [1.82, 2.24) is 0 Å². The van der Waals surface area contributed by atoms with Crippen LogP contribution in [0.1, 0.15) is 18.9 Å². The van der Waals surface area contributed by atoms with E-state index < -0.39 is 6.10 Å². The van der Waals surface area contributed by atoms with Gasteiger partial charge in [0.1, 0.15) is 6.61 Å². The molecule has 1 atom stereocenters. The lowest BCUT2D eigenvalue weighted by Crippen LogP contribution is -2.12.